The van der Waals surface area contributed by atoms with Crippen molar-refractivity contribution < 1.29 is 23.8 Å². The molecule has 2 heterocycles. The number of benzene rings is 2. The molecule has 0 aliphatic carbocycles. The predicted octanol–water partition coefficient (Wildman–Crippen LogP) is 4.32. The Kier molecular flexibility index (Phi) is 9.24. The van der Waals surface area contributed by atoms with Gasteiger partial charge in [0, 0.05) is 38.2 Å². The molecular formula is C28H35ClN2O5. The molecule has 2 saturated heterocycles. The van der Waals surface area contributed by atoms with Crippen LogP contribution in [-0.2, 0) is 25.6 Å². The molecule has 0 radical (unpaired) electrons. The molecule has 2 atom stereocenters. The van der Waals surface area contributed by atoms with Gasteiger partial charge in [0.2, 0.25) is 11.8 Å². The largest absolute Gasteiger partial charge is 0.490 e. The first-order valence-corrected chi connectivity index (χ1v) is 13.0. The van der Waals surface area contributed by atoms with Crippen molar-refractivity contribution in [3.63, 3.8) is 0 Å². The summed E-state index contributed by atoms with van der Waals surface area (Å²) in [5.74, 6) is 0.635. The number of carbonyl (C=O) groups is 2. The van der Waals surface area contributed by atoms with Crippen molar-refractivity contribution in [1.82, 2.24) is 9.80 Å². The number of nitrogens with zero attached hydrogens (tertiary/aromatic N) is 2. The number of rotatable bonds is 10. The molecule has 0 spiro atoms. The van der Waals surface area contributed by atoms with Crippen molar-refractivity contribution >= 4 is 23.4 Å². The van der Waals surface area contributed by atoms with Gasteiger partial charge in [0.1, 0.15) is 18.0 Å². The minimum atomic E-state index is -0.945. The van der Waals surface area contributed by atoms with Gasteiger partial charge in [-0.2, -0.15) is 0 Å². The maximum atomic E-state index is 13.3. The number of halogens is 1. The lowest BCUT2D eigenvalue weighted by molar-refractivity contribution is -0.166. The van der Waals surface area contributed by atoms with Crippen LogP contribution in [0.4, 0.5) is 0 Å². The molecule has 36 heavy (non-hydrogen) atoms. The van der Waals surface area contributed by atoms with Gasteiger partial charge in [-0.25, -0.2) is 0 Å². The summed E-state index contributed by atoms with van der Waals surface area (Å²) >= 11 is 6.01. The molecular weight excluding hydrogens is 480 g/mol. The summed E-state index contributed by atoms with van der Waals surface area (Å²) in [5.41, 5.74) is 0.106. The van der Waals surface area contributed by atoms with E-state index in [1.165, 1.54) is 0 Å². The van der Waals surface area contributed by atoms with E-state index >= 15 is 0 Å². The molecule has 8 heteroatoms. The Labute approximate surface area is 218 Å². The van der Waals surface area contributed by atoms with Crippen LogP contribution in [0.25, 0.3) is 0 Å². The molecule has 0 aromatic heterocycles. The van der Waals surface area contributed by atoms with Crippen LogP contribution in [0.1, 0.15) is 37.7 Å². The molecule has 2 aliphatic rings. The summed E-state index contributed by atoms with van der Waals surface area (Å²) in [4.78, 5) is 29.9. The van der Waals surface area contributed by atoms with Crippen molar-refractivity contribution in [3.8, 4) is 5.75 Å². The Morgan fingerprint density at radius 2 is 1.92 bits per heavy atom. The first kappa shape index (κ1) is 26.5. The Hall–Kier alpha value is -2.61. The Morgan fingerprint density at radius 3 is 2.64 bits per heavy atom. The first-order chi connectivity index (χ1) is 17.4. The van der Waals surface area contributed by atoms with Gasteiger partial charge in [-0.1, -0.05) is 41.9 Å². The van der Waals surface area contributed by atoms with Gasteiger partial charge in [-0.3, -0.25) is 9.59 Å². The highest BCUT2D eigenvalue weighted by Crippen LogP contribution is 2.27. The van der Waals surface area contributed by atoms with Crippen molar-refractivity contribution in [2.75, 3.05) is 40.0 Å². The van der Waals surface area contributed by atoms with Gasteiger partial charge in [-0.15, -0.1) is 0 Å². The zero-order valence-electron chi connectivity index (χ0n) is 20.9. The quantitative estimate of drug-likeness (QED) is 0.472. The number of amides is 2. The third-order valence-electron chi connectivity index (χ3n) is 6.78. The minimum Gasteiger partial charge on any atom is -0.490 e. The molecule has 4 rings (SSSR count). The predicted molar refractivity (Wildman–Crippen MR) is 138 cm³/mol. The molecule has 2 amide bonds. The number of ether oxygens (including phenoxy) is 3. The molecule has 2 aliphatic heterocycles. The Morgan fingerprint density at radius 1 is 1.14 bits per heavy atom. The van der Waals surface area contributed by atoms with E-state index in [0.29, 0.717) is 43.4 Å². The van der Waals surface area contributed by atoms with Gasteiger partial charge >= 0.3 is 0 Å². The van der Waals surface area contributed by atoms with Crippen LogP contribution in [0.2, 0.25) is 5.02 Å². The second-order valence-corrected chi connectivity index (χ2v) is 10.1. The van der Waals surface area contributed by atoms with E-state index in [2.05, 4.69) is 0 Å². The number of hydrogen-bond acceptors (Lipinski definition) is 5. The lowest BCUT2D eigenvalue weighted by Crippen LogP contribution is -2.58. The monoisotopic (exact) mass is 514 g/mol. The van der Waals surface area contributed by atoms with Gasteiger partial charge in [0.15, 0.2) is 0 Å². The summed E-state index contributed by atoms with van der Waals surface area (Å²) in [5, 5.41) is 0.617. The van der Waals surface area contributed by atoms with Crippen LogP contribution in [0, 0.1) is 0 Å². The molecule has 2 aromatic rings. The molecule has 2 fully saturated rings. The molecule has 0 unspecified atom stereocenters. The van der Waals surface area contributed by atoms with Crippen LogP contribution >= 0.6 is 11.6 Å². The summed E-state index contributed by atoms with van der Waals surface area (Å²) in [6, 6.07) is 16.9. The summed E-state index contributed by atoms with van der Waals surface area (Å²) in [6.07, 6.45) is 3.50. The van der Waals surface area contributed by atoms with E-state index in [4.69, 9.17) is 25.8 Å². The third kappa shape index (κ3) is 7.45. The average molecular weight is 515 g/mol. The van der Waals surface area contributed by atoms with Crippen molar-refractivity contribution in [3.05, 3.63) is 65.2 Å². The highest BCUT2D eigenvalue weighted by atomic mass is 35.5. The SMILES string of the molecule is CN(Cc1ccccc1)C(=O)C[C@]1(COc2ccc(Cl)cc2)CN(C(=O)CC[C@H]2CCCO2)CCO1. The maximum absolute atomic E-state index is 13.3. The zero-order chi connectivity index (χ0) is 25.4. The highest BCUT2D eigenvalue weighted by molar-refractivity contribution is 6.30. The van der Waals surface area contributed by atoms with Crippen LogP contribution in [-0.4, -0.2) is 73.3 Å². The van der Waals surface area contributed by atoms with Gasteiger partial charge in [0.25, 0.3) is 0 Å². The van der Waals surface area contributed by atoms with E-state index in [1.807, 2.05) is 35.2 Å². The number of morpholine rings is 1. The van der Waals surface area contributed by atoms with Crippen molar-refractivity contribution in [2.24, 2.45) is 0 Å². The maximum Gasteiger partial charge on any atom is 0.225 e. The number of hydrogen-bond donors (Lipinski definition) is 0. The van der Waals surface area contributed by atoms with E-state index in [9.17, 15) is 9.59 Å². The molecule has 0 bridgehead atoms. The third-order valence-corrected chi connectivity index (χ3v) is 7.03. The highest BCUT2D eigenvalue weighted by Gasteiger charge is 2.42. The fourth-order valence-electron chi connectivity index (χ4n) is 4.72. The van der Waals surface area contributed by atoms with Crippen LogP contribution in [0.3, 0.4) is 0 Å². The molecule has 2 aromatic carbocycles. The Bertz CT molecular complexity index is 997. The van der Waals surface area contributed by atoms with Crippen LogP contribution in [0.5, 0.6) is 5.75 Å². The van der Waals surface area contributed by atoms with Gasteiger partial charge < -0.3 is 24.0 Å². The van der Waals surface area contributed by atoms with E-state index in [0.717, 1.165) is 31.4 Å². The van der Waals surface area contributed by atoms with E-state index in [-0.39, 0.29) is 30.9 Å². The second kappa shape index (κ2) is 12.6. The summed E-state index contributed by atoms with van der Waals surface area (Å²) in [7, 11) is 1.79. The van der Waals surface area contributed by atoms with E-state index in [1.54, 1.807) is 36.2 Å². The lowest BCUT2D eigenvalue weighted by atomic mass is 9.96. The summed E-state index contributed by atoms with van der Waals surface area (Å²) < 4.78 is 18.0. The molecule has 0 saturated carbocycles. The van der Waals surface area contributed by atoms with Gasteiger partial charge in [-0.05, 0) is 49.1 Å². The zero-order valence-corrected chi connectivity index (χ0v) is 21.6. The van der Waals surface area contributed by atoms with Crippen LogP contribution < -0.4 is 4.74 Å². The second-order valence-electron chi connectivity index (χ2n) is 9.68. The topological polar surface area (TPSA) is 68.3 Å². The summed E-state index contributed by atoms with van der Waals surface area (Å²) in [6.45, 7) is 2.58. The fraction of sp³-hybridized carbons (Fsp3) is 0.500. The van der Waals surface area contributed by atoms with Crippen molar-refractivity contribution in [2.45, 2.75) is 50.4 Å². The number of carbonyl (C=O) groups excluding carboxylic acids is 2. The average Bonchev–Trinajstić information content (AvgIpc) is 3.41. The first-order valence-electron chi connectivity index (χ1n) is 12.6. The minimum absolute atomic E-state index is 0.0628. The van der Waals surface area contributed by atoms with E-state index < -0.39 is 5.60 Å². The molecule has 0 N–H and O–H groups in total. The van der Waals surface area contributed by atoms with Crippen molar-refractivity contribution in [1.29, 1.82) is 0 Å². The fourth-order valence-corrected chi connectivity index (χ4v) is 4.85. The normalized spacial score (nSPS) is 21.8. The molecule has 194 valence electrons. The lowest BCUT2D eigenvalue weighted by Gasteiger charge is -2.42. The standard InChI is InChI=1S/C28H35ClN2O5/c1-30(19-22-6-3-2-4-7-22)27(33)18-28(21-35-25-11-9-23(29)10-12-25)20-31(15-17-36-28)26(32)14-13-24-8-5-16-34-24/h2-4,6-7,9-12,24H,5,8,13-21H2,1H3/t24-,28-/m1/s1. The van der Waals surface area contributed by atoms with Crippen LogP contribution in [0.15, 0.2) is 54.6 Å². The Balaban J connectivity index is 1.43. The molecule has 7 nitrogen and oxygen atoms in total. The van der Waals surface area contributed by atoms with Gasteiger partial charge in [0.05, 0.1) is 25.7 Å². The smallest absolute Gasteiger partial charge is 0.225 e.